The van der Waals surface area contributed by atoms with Crippen LogP contribution in [0.3, 0.4) is 0 Å². The quantitative estimate of drug-likeness (QED) is 0.825. The predicted octanol–water partition coefficient (Wildman–Crippen LogP) is 4.63. The van der Waals surface area contributed by atoms with E-state index in [1.54, 1.807) is 0 Å². The molecule has 0 bridgehead atoms. The van der Waals surface area contributed by atoms with Gasteiger partial charge in [-0.15, -0.1) is 0 Å². The van der Waals surface area contributed by atoms with E-state index in [1.807, 2.05) is 19.1 Å². The van der Waals surface area contributed by atoms with Crippen molar-refractivity contribution in [2.75, 3.05) is 5.32 Å². The smallest absolute Gasteiger partial charge is 0.137 e. The van der Waals surface area contributed by atoms with E-state index < -0.39 is 0 Å². The van der Waals surface area contributed by atoms with Crippen LogP contribution < -0.4 is 5.32 Å². The van der Waals surface area contributed by atoms with Crippen molar-refractivity contribution < 1.29 is 0 Å². The first-order valence-corrected chi connectivity index (χ1v) is 7.30. The van der Waals surface area contributed by atoms with Crippen LogP contribution in [0, 0.1) is 0 Å². The summed E-state index contributed by atoms with van der Waals surface area (Å²) in [4.78, 5) is 8.29. The maximum absolute atomic E-state index is 6.08. The number of nitrogens with zero attached hydrogens (tertiary/aromatic N) is 2. The van der Waals surface area contributed by atoms with Gasteiger partial charge in [0, 0.05) is 16.1 Å². The number of nitrogens with one attached hydrogen (secondary N) is 1. The highest BCUT2D eigenvalue weighted by Gasteiger charge is 2.11. The molecule has 0 amide bonds. The highest BCUT2D eigenvalue weighted by molar-refractivity contribution is 9.10. The van der Waals surface area contributed by atoms with Crippen LogP contribution in [0.25, 0.3) is 0 Å². The van der Waals surface area contributed by atoms with Gasteiger partial charge in [0.2, 0.25) is 0 Å². The van der Waals surface area contributed by atoms with Crippen LogP contribution >= 0.6 is 27.5 Å². The Morgan fingerprint density at radius 2 is 1.95 bits per heavy atom. The summed E-state index contributed by atoms with van der Waals surface area (Å²) >= 11 is 9.52. The molecule has 0 aliphatic heterocycles. The minimum absolute atomic E-state index is 0.157. The maximum Gasteiger partial charge on any atom is 0.137 e. The molecule has 0 radical (unpaired) electrons. The molecular formula is C14H15BrClN3. The second kappa shape index (κ2) is 6.35. The third kappa shape index (κ3) is 3.45. The Balaban J connectivity index is 2.21. The van der Waals surface area contributed by atoms with E-state index in [9.17, 15) is 0 Å². The third-order valence-electron chi connectivity index (χ3n) is 2.97. The first kappa shape index (κ1) is 14.3. The van der Waals surface area contributed by atoms with Gasteiger partial charge in [-0.2, -0.15) is 0 Å². The average molecular weight is 341 g/mol. The van der Waals surface area contributed by atoms with Crippen molar-refractivity contribution in [2.45, 2.75) is 26.3 Å². The molecule has 2 aromatic rings. The van der Waals surface area contributed by atoms with Crippen LogP contribution in [0.2, 0.25) is 5.15 Å². The van der Waals surface area contributed by atoms with Crippen LogP contribution in [0.15, 0.2) is 35.1 Å². The van der Waals surface area contributed by atoms with Crippen molar-refractivity contribution in [3.05, 3.63) is 51.3 Å². The fraction of sp³-hybridized carbons (Fsp3) is 0.286. The molecule has 5 heteroatoms. The number of aromatic nitrogens is 2. The van der Waals surface area contributed by atoms with E-state index in [1.165, 1.54) is 11.9 Å². The SMILES string of the molecule is CCc1c(Cl)ncnc1NC(C)c1ccc(Br)cc1. The molecule has 0 spiro atoms. The summed E-state index contributed by atoms with van der Waals surface area (Å²) in [7, 11) is 0. The molecule has 1 aromatic heterocycles. The van der Waals surface area contributed by atoms with Gasteiger partial charge in [0.15, 0.2) is 0 Å². The lowest BCUT2D eigenvalue weighted by Crippen LogP contribution is -2.10. The summed E-state index contributed by atoms with van der Waals surface area (Å²) in [6.45, 7) is 4.14. The number of anilines is 1. The highest BCUT2D eigenvalue weighted by atomic mass is 79.9. The van der Waals surface area contributed by atoms with Gasteiger partial charge in [-0.25, -0.2) is 9.97 Å². The lowest BCUT2D eigenvalue weighted by molar-refractivity contribution is 0.862. The third-order valence-corrected chi connectivity index (χ3v) is 3.82. The Morgan fingerprint density at radius 3 is 2.58 bits per heavy atom. The highest BCUT2D eigenvalue weighted by Crippen LogP contribution is 2.25. The molecule has 1 unspecified atom stereocenters. The number of rotatable bonds is 4. The summed E-state index contributed by atoms with van der Waals surface area (Å²) in [6, 6.07) is 8.37. The van der Waals surface area contributed by atoms with Gasteiger partial charge in [0.25, 0.3) is 0 Å². The van der Waals surface area contributed by atoms with Gasteiger partial charge in [-0.3, -0.25) is 0 Å². The molecule has 1 atom stereocenters. The lowest BCUT2D eigenvalue weighted by atomic mass is 10.1. The van der Waals surface area contributed by atoms with Crippen molar-refractivity contribution in [3.63, 3.8) is 0 Å². The minimum atomic E-state index is 0.157. The molecule has 19 heavy (non-hydrogen) atoms. The predicted molar refractivity (Wildman–Crippen MR) is 82.6 cm³/mol. The maximum atomic E-state index is 6.08. The van der Waals surface area contributed by atoms with Crippen molar-refractivity contribution in [1.29, 1.82) is 0 Å². The molecule has 0 aliphatic carbocycles. The summed E-state index contributed by atoms with van der Waals surface area (Å²) < 4.78 is 1.07. The molecule has 1 heterocycles. The van der Waals surface area contributed by atoms with Crippen molar-refractivity contribution in [3.8, 4) is 0 Å². The lowest BCUT2D eigenvalue weighted by Gasteiger charge is -2.17. The van der Waals surface area contributed by atoms with Gasteiger partial charge in [-0.05, 0) is 31.0 Å². The summed E-state index contributed by atoms with van der Waals surface area (Å²) in [5.41, 5.74) is 2.15. The van der Waals surface area contributed by atoms with Crippen LogP contribution in [0.5, 0.6) is 0 Å². The largest absolute Gasteiger partial charge is 0.363 e. The first-order chi connectivity index (χ1) is 9.11. The van der Waals surface area contributed by atoms with E-state index in [0.717, 1.165) is 22.3 Å². The number of benzene rings is 1. The van der Waals surface area contributed by atoms with Gasteiger partial charge >= 0.3 is 0 Å². The minimum Gasteiger partial charge on any atom is -0.363 e. The molecule has 3 nitrogen and oxygen atoms in total. The van der Waals surface area contributed by atoms with E-state index in [0.29, 0.717) is 5.15 Å². The normalized spacial score (nSPS) is 12.2. The van der Waals surface area contributed by atoms with Crippen LogP contribution in [-0.2, 0) is 6.42 Å². The van der Waals surface area contributed by atoms with E-state index in [-0.39, 0.29) is 6.04 Å². The molecule has 100 valence electrons. The Morgan fingerprint density at radius 1 is 1.26 bits per heavy atom. The Kier molecular flexibility index (Phi) is 4.77. The number of halogens is 2. The van der Waals surface area contributed by atoms with Gasteiger partial charge in [0.1, 0.15) is 17.3 Å². The summed E-state index contributed by atoms with van der Waals surface area (Å²) in [6.07, 6.45) is 2.28. The van der Waals surface area contributed by atoms with Gasteiger partial charge in [-0.1, -0.05) is 46.6 Å². The van der Waals surface area contributed by atoms with Crippen molar-refractivity contribution in [2.24, 2.45) is 0 Å². The zero-order valence-electron chi connectivity index (χ0n) is 10.8. The number of hydrogen-bond donors (Lipinski definition) is 1. The van der Waals surface area contributed by atoms with Crippen LogP contribution in [-0.4, -0.2) is 9.97 Å². The van der Waals surface area contributed by atoms with Crippen LogP contribution in [0.1, 0.15) is 31.0 Å². The van der Waals surface area contributed by atoms with Gasteiger partial charge in [0.05, 0.1) is 0 Å². The van der Waals surface area contributed by atoms with E-state index in [2.05, 4.69) is 50.3 Å². The van der Waals surface area contributed by atoms with E-state index in [4.69, 9.17) is 11.6 Å². The topological polar surface area (TPSA) is 37.8 Å². The van der Waals surface area contributed by atoms with Gasteiger partial charge < -0.3 is 5.32 Å². The van der Waals surface area contributed by atoms with Crippen LogP contribution in [0.4, 0.5) is 5.82 Å². The zero-order valence-corrected chi connectivity index (χ0v) is 13.2. The number of hydrogen-bond acceptors (Lipinski definition) is 3. The van der Waals surface area contributed by atoms with E-state index >= 15 is 0 Å². The molecule has 1 aromatic carbocycles. The standard InChI is InChI=1S/C14H15BrClN3/c1-3-12-13(16)17-8-18-14(12)19-9(2)10-4-6-11(15)7-5-10/h4-9H,3H2,1-2H3,(H,17,18,19). The second-order valence-corrected chi connectivity index (χ2v) is 5.54. The molecule has 1 N–H and O–H groups in total. The summed E-state index contributed by atoms with van der Waals surface area (Å²) in [5.74, 6) is 0.804. The zero-order chi connectivity index (χ0) is 13.8. The molecule has 0 saturated carbocycles. The molecule has 0 saturated heterocycles. The molecule has 2 rings (SSSR count). The first-order valence-electron chi connectivity index (χ1n) is 6.13. The molecule has 0 fully saturated rings. The molecule has 0 aliphatic rings. The summed E-state index contributed by atoms with van der Waals surface area (Å²) in [5, 5.41) is 3.90. The fourth-order valence-electron chi connectivity index (χ4n) is 1.87. The van der Waals surface area contributed by atoms with Crippen molar-refractivity contribution in [1.82, 2.24) is 9.97 Å². The molecular weight excluding hydrogens is 326 g/mol. The Bertz CT molecular complexity index is 557. The monoisotopic (exact) mass is 339 g/mol. The van der Waals surface area contributed by atoms with Crippen molar-refractivity contribution >= 4 is 33.3 Å². The Labute approximate surface area is 126 Å². The second-order valence-electron chi connectivity index (χ2n) is 4.26. The average Bonchev–Trinajstić information content (AvgIpc) is 2.39. The Hall–Kier alpha value is -1.13. The fourth-order valence-corrected chi connectivity index (χ4v) is 2.40.